The van der Waals surface area contributed by atoms with Crippen molar-refractivity contribution in [3.8, 4) is 0 Å². The molecule has 72 valence electrons. The standard InChI is InChI=1S/C7H11F2NO.ClH/c1-4-2-5(4)7(11)10-3-6(8)9;/h4-6H,2-3H2,1H3,(H,10,11);1H. The summed E-state index contributed by atoms with van der Waals surface area (Å²) in [5, 5.41) is 2.19. The predicted octanol–water partition coefficient (Wildman–Crippen LogP) is 1.45. The summed E-state index contributed by atoms with van der Waals surface area (Å²) >= 11 is 0. The average Bonchev–Trinajstić information content (AvgIpc) is 2.61. The molecule has 5 heteroatoms. The minimum atomic E-state index is -2.44. The molecular formula is C7H12ClF2NO. The first-order valence-electron chi connectivity index (χ1n) is 3.67. The fourth-order valence-corrected chi connectivity index (χ4v) is 0.996. The van der Waals surface area contributed by atoms with Gasteiger partial charge < -0.3 is 5.32 Å². The van der Waals surface area contributed by atoms with Gasteiger partial charge in [-0.15, -0.1) is 12.4 Å². The Morgan fingerprint density at radius 1 is 1.67 bits per heavy atom. The van der Waals surface area contributed by atoms with Crippen molar-refractivity contribution in [3.63, 3.8) is 0 Å². The third kappa shape index (κ3) is 3.34. The largest absolute Gasteiger partial charge is 0.350 e. The number of halogens is 3. The van der Waals surface area contributed by atoms with Crippen molar-refractivity contribution < 1.29 is 13.6 Å². The van der Waals surface area contributed by atoms with E-state index in [2.05, 4.69) is 5.32 Å². The Bertz CT molecular complexity index is 165. The highest BCUT2D eigenvalue weighted by Gasteiger charge is 2.38. The Morgan fingerprint density at radius 3 is 2.50 bits per heavy atom. The van der Waals surface area contributed by atoms with Crippen LogP contribution in [0.1, 0.15) is 13.3 Å². The van der Waals surface area contributed by atoms with Crippen LogP contribution in [0.4, 0.5) is 8.78 Å². The summed E-state index contributed by atoms with van der Waals surface area (Å²) in [6, 6.07) is 0. The Labute approximate surface area is 76.1 Å². The third-order valence-electron chi connectivity index (χ3n) is 1.88. The smallest absolute Gasteiger partial charge is 0.255 e. The molecule has 0 heterocycles. The number of amides is 1. The Hall–Kier alpha value is -0.380. The molecule has 2 nitrogen and oxygen atoms in total. The zero-order valence-electron chi connectivity index (χ0n) is 6.72. The van der Waals surface area contributed by atoms with Gasteiger partial charge in [0.05, 0.1) is 6.54 Å². The van der Waals surface area contributed by atoms with Crippen molar-refractivity contribution in [2.75, 3.05) is 6.54 Å². The van der Waals surface area contributed by atoms with Crippen LogP contribution in [0.2, 0.25) is 0 Å². The molecule has 1 amide bonds. The molecule has 0 aliphatic heterocycles. The zero-order chi connectivity index (χ0) is 8.43. The molecule has 0 bridgehead atoms. The van der Waals surface area contributed by atoms with Crippen LogP contribution in [-0.4, -0.2) is 18.9 Å². The molecule has 0 aromatic carbocycles. The fourth-order valence-electron chi connectivity index (χ4n) is 0.996. The summed E-state index contributed by atoms with van der Waals surface area (Å²) in [6.45, 7) is 1.43. The number of carbonyl (C=O) groups excluding carboxylic acids is 1. The number of carbonyl (C=O) groups is 1. The average molecular weight is 200 g/mol. The van der Waals surface area contributed by atoms with Gasteiger partial charge in [-0.25, -0.2) is 8.78 Å². The van der Waals surface area contributed by atoms with Crippen LogP contribution in [0.3, 0.4) is 0 Å². The van der Waals surface area contributed by atoms with Gasteiger partial charge in [-0.3, -0.25) is 4.79 Å². The summed E-state index contributed by atoms with van der Waals surface area (Å²) in [6.07, 6.45) is -1.59. The molecule has 1 rings (SSSR count). The van der Waals surface area contributed by atoms with E-state index in [9.17, 15) is 13.6 Å². The SMILES string of the molecule is CC1CC1C(=O)NCC(F)F.Cl. The van der Waals surface area contributed by atoms with Gasteiger partial charge in [-0.1, -0.05) is 6.92 Å². The van der Waals surface area contributed by atoms with Crippen LogP contribution in [0.25, 0.3) is 0 Å². The van der Waals surface area contributed by atoms with E-state index in [0.29, 0.717) is 5.92 Å². The lowest BCUT2D eigenvalue weighted by atomic mass is 10.3. The number of nitrogens with one attached hydrogen (secondary N) is 1. The maximum atomic E-state index is 11.6. The highest BCUT2D eigenvalue weighted by molar-refractivity contribution is 5.85. The Morgan fingerprint density at radius 2 is 2.17 bits per heavy atom. The molecule has 0 saturated heterocycles. The van der Waals surface area contributed by atoms with E-state index < -0.39 is 13.0 Å². The van der Waals surface area contributed by atoms with Gasteiger partial charge in [-0.05, 0) is 12.3 Å². The first kappa shape index (κ1) is 11.6. The fraction of sp³-hybridized carbons (Fsp3) is 0.857. The van der Waals surface area contributed by atoms with Gasteiger partial charge in [-0.2, -0.15) is 0 Å². The third-order valence-corrected chi connectivity index (χ3v) is 1.88. The molecule has 0 spiro atoms. The van der Waals surface area contributed by atoms with Crippen molar-refractivity contribution in [3.05, 3.63) is 0 Å². The lowest BCUT2D eigenvalue weighted by Crippen LogP contribution is -2.30. The second-order valence-corrected chi connectivity index (χ2v) is 2.96. The molecule has 1 aliphatic carbocycles. The van der Waals surface area contributed by atoms with Gasteiger partial charge in [0, 0.05) is 5.92 Å². The zero-order valence-corrected chi connectivity index (χ0v) is 7.54. The van der Waals surface area contributed by atoms with Crippen LogP contribution in [-0.2, 0) is 4.79 Å². The lowest BCUT2D eigenvalue weighted by molar-refractivity contribution is -0.123. The topological polar surface area (TPSA) is 29.1 Å². The Kier molecular flexibility index (Phi) is 4.45. The van der Waals surface area contributed by atoms with Crippen LogP contribution in [0.15, 0.2) is 0 Å². The number of hydrogen-bond acceptors (Lipinski definition) is 1. The Balaban J connectivity index is 0.00000121. The molecule has 0 aromatic rings. The molecule has 1 aliphatic rings. The van der Waals surface area contributed by atoms with Crippen molar-refractivity contribution in [2.45, 2.75) is 19.8 Å². The van der Waals surface area contributed by atoms with Crippen LogP contribution in [0.5, 0.6) is 0 Å². The predicted molar refractivity (Wildman–Crippen MR) is 43.5 cm³/mol. The minimum absolute atomic E-state index is 0. The van der Waals surface area contributed by atoms with Gasteiger partial charge in [0.1, 0.15) is 0 Å². The van der Waals surface area contributed by atoms with E-state index in [1.165, 1.54) is 0 Å². The second-order valence-electron chi connectivity index (χ2n) is 2.96. The quantitative estimate of drug-likeness (QED) is 0.733. The number of alkyl halides is 2. The molecule has 2 atom stereocenters. The van der Waals surface area contributed by atoms with E-state index in [4.69, 9.17) is 0 Å². The normalized spacial score (nSPS) is 26.3. The highest BCUT2D eigenvalue weighted by atomic mass is 35.5. The molecule has 1 N–H and O–H groups in total. The van der Waals surface area contributed by atoms with Crippen molar-refractivity contribution in [1.29, 1.82) is 0 Å². The number of rotatable bonds is 3. The highest BCUT2D eigenvalue weighted by Crippen LogP contribution is 2.37. The van der Waals surface area contributed by atoms with E-state index in [0.717, 1.165) is 6.42 Å². The van der Waals surface area contributed by atoms with Gasteiger partial charge >= 0.3 is 0 Å². The van der Waals surface area contributed by atoms with Crippen LogP contribution >= 0.6 is 12.4 Å². The van der Waals surface area contributed by atoms with Crippen molar-refractivity contribution in [1.82, 2.24) is 5.32 Å². The van der Waals surface area contributed by atoms with Crippen molar-refractivity contribution >= 4 is 18.3 Å². The monoisotopic (exact) mass is 199 g/mol. The van der Waals surface area contributed by atoms with Crippen LogP contribution < -0.4 is 5.32 Å². The van der Waals surface area contributed by atoms with Crippen LogP contribution in [0, 0.1) is 11.8 Å². The molecule has 2 unspecified atom stereocenters. The van der Waals surface area contributed by atoms with Gasteiger partial charge in [0.25, 0.3) is 6.43 Å². The van der Waals surface area contributed by atoms with Crippen molar-refractivity contribution in [2.24, 2.45) is 11.8 Å². The van der Waals surface area contributed by atoms with E-state index in [-0.39, 0.29) is 24.2 Å². The minimum Gasteiger partial charge on any atom is -0.350 e. The molecule has 0 aromatic heterocycles. The lowest BCUT2D eigenvalue weighted by Gasteiger charge is -2.01. The summed E-state index contributed by atoms with van der Waals surface area (Å²) in [5.74, 6) is 0.152. The van der Waals surface area contributed by atoms with Gasteiger partial charge in [0.2, 0.25) is 5.91 Å². The van der Waals surface area contributed by atoms with E-state index in [1.54, 1.807) is 0 Å². The summed E-state index contributed by atoms with van der Waals surface area (Å²) in [7, 11) is 0. The number of hydrogen-bond donors (Lipinski definition) is 1. The summed E-state index contributed by atoms with van der Waals surface area (Å²) in [5.41, 5.74) is 0. The molecule has 0 radical (unpaired) electrons. The maximum Gasteiger partial charge on any atom is 0.255 e. The maximum absolute atomic E-state index is 11.6. The summed E-state index contributed by atoms with van der Waals surface area (Å²) < 4.78 is 23.1. The first-order chi connectivity index (χ1) is 5.11. The molecular weight excluding hydrogens is 188 g/mol. The summed E-state index contributed by atoms with van der Waals surface area (Å²) in [4.78, 5) is 10.9. The van der Waals surface area contributed by atoms with E-state index in [1.807, 2.05) is 6.92 Å². The van der Waals surface area contributed by atoms with Gasteiger partial charge in [0.15, 0.2) is 0 Å². The first-order valence-corrected chi connectivity index (χ1v) is 3.67. The van der Waals surface area contributed by atoms with E-state index >= 15 is 0 Å². The second kappa shape index (κ2) is 4.60. The molecule has 1 fully saturated rings. The molecule has 12 heavy (non-hydrogen) atoms. The molecule has 1 saturated carbocycles.